The summed E-state index contributed by atoms with van der Waals surface area (Å²) >= 11 is 5.07. The molecule has 1 rings (SSSR count). The summed E-state index contributed by atoms with van der Waals surface area (Å²) in [6, 6.07) is 0. The van der Waals surface area contributed by atoms with E-state index >= 15 is 0 Å². The van der Waals surface area contributed by atoms with E-state index in [9.17, 15) is 0 Å². The van der Waals surface area contributed by atoms with Gasteiger partial charge in [0.15, 0.2) is 0 Å². The minimum Gasteiger partial charge on any atom is -0.172 e. The summed E-state index contributed by atoms with van der Waals surface area (Å²) in [4.78, 5) is 0. The van der Waals surface area contributed by atoms with Gasteiger partial charge in [-0.05, 0) is 37.5 Å². The molecule has 0 radical (unpaired) electrons. The van der Waals surface area contributed by atoms with E-state index in [1.165, 1.54) is 70.6 Å². The van der Waals surface area contributed by atoms with Gasteiger partial charge in [-0.15, -0.1) is 0 Å². The van der Waals surface area contributed by atoms with E-state index in [2.05, 4.69) is 20.8 Å². The average Bonchev–Trinajstić information content (AvgIpc) is 2.37. The van der Waals surface area contributed by atoms with Crippen LogP contribution < -0.4 is 0 Å². The molecule has 0 amide bonds. The Morgan fingerprint density at radius 1 is 1.06 bits per heavy atom. The van der Waals surface area contributed by atoms with Gasteiger partial charge in [0.25, 0.3) is 0 Å². The highest BCUT2D eigenvalue weighted by molar-refractivity contribution is 7.81. The molecular formula is C16H32S. The smallest absolute Gasteiger partial charge is 0.0132 e. The number of unbranched alkanes of at least 4 members (excludes halogenated alkanes) is 1. The Labute approximate surface area is 114 Å². The maximum atomic E-state index is 5.07. The first-order chi connectivity index (χ1) is 8.10. The van der Waals surface area contributed by atoms with Crippen molar-refractivity contribution in [1.82, 2.24) is 0 Å². The summed E-state index contributed by atoms with van der Waals surface area (Å²) in [5.74, 6) is 0. The average molecular weight is 256 g/mol. The minimum atomic E-state index is 0.309. The van der Waals surface area contributed by atoms with Gasteiger partial charge < -0.3 is 0 Å². The van der Waals surface area contributed by atoms with Crippen molar-refractivity contribution in [2.45, 2.75) is 96.1 Å². The molecule has 0 aliphatic heterocycles. The van der Waals surface area contributed by atoms with Crippen LogP contribution >= 0.6 is 12.6 Å². The first kappa shape index (κ1) is 15.4. The molecule has 17 heavy (non-hydrogen) atoms. The van der Waals surface area contributed by atoms with E-state index in [1.54, 1.807) is 0 Å². The van der Waals surface area contributed by atoms with Crippen molar-refractivity contribution in [1.29, 1.82) is 0 Å². The Kier molecular flexibility index (Phi) is 6.40. The minimum absolute atomic E-state index is 0.309. The van der Waals surface area contributed by atoms with Crippen molar-refractivity contribution in [2.24, 2.45) is 5.41 Å². The Morgan fingerprint density at radius 2 is 1.71 bits per heavy atom. The summed E-state index contributed by atoms with van der Waals surface area (Å²) in [6.07, 6.45) is 15.2. The highest BCUT2D eigenvalue weighted by Crippen LogP contribution is 2.48. The summed E-state index contributed by atoms with van der Waals surface area (Å²) in [5.41, 5.74) is 0.629. The predicted octanol–water partition coefficient (Wildman–Crippen LogP) is 6.01. The second-order valence-corrected chi connectivity index (χ2v) is 7.22. The van der Waals surface area contributed by atoms with Gasteiger partial charge in [0.05, 0.1) is 0 Å². The maximum absolute atomic E-state index is 5.07. The Balaban J connectivity index is 2.62. The van der Waals surface area contributed by atoms with Crippen LogP contribution in [-0.2, 0) is 0 Å². The van der Waals surface area contributed by atoms with E-state index in [0.29, 0.717) is 10.2 Å². The first-order valence-electron chi connectivity index (χ1n) is 7.82. The Hall–Kier alpha value is 0.350. The van der Waals surface area contributed by atoms with Crippen molar-refractivity contribution in [3.8, 4) is 0 Å². The van der Waals surface area contributed by atoms with Crippen LogP contribution in [0.1, 0.15) is 91.4 Å². The maximum Gasteiger partial charge on any atom is 0.0132 e. The fourth-order valence-corrected chi connectivity index (χ4v) is 4.04. The quantitative estimate of drug-likeness (QED) is 0.530. The molecule has 0 spiro atoms. The molecule has 0 heterocycles. The molecule has 1 aliphatic rings. The molecule has 0 aromatic heterocycles. The van der Waals surface area contributed by atoms with Crippen molar-refractivity contribution in [3.63, 3.8) is 0 Å². The van der Waals surface area contributed by atoms with Gasteiger partial charge in [0, 0.05) is 4.75 Å². The highest BCUT2D eigenvalue weighted by Gasteiger charge is 2.37. The number of thiol groups is 1. The van der Waals surface area contributed by atoms with E-state index < -0.39 is 0 Å². The molecule has 0 nitrogen and oxygen atoms in total. The normalized spacial score (nSPS) is 23.3. The lowest BCUT2D eigenvalue weighted by atomic mass is 9.66. The summed E-state index contributed by atoms with van der Waals surface area (Å²) in [5, 5.41) is 0. The second kappa shape index (κ2) is 7.07. The molecule has 1 saturated carbocycles. The van der Waals surface area contributed by atoms with Crippen LogP contribution in [0.5, 0.6) is 0 Å². The third kappa shape index (κ3) is 4.50. The zero-order valence-corrected chi connectivity index (χ0v) is 13.1. The summed E-state index contributed by atoms with van der Waals surface area (Å²) in [7, 11) is 0. The van der Waals surface area contributed by atoms with Crippen molar-refractivity contribution < 1.29 is 0 Å². The number of hydrogen-bond acceptors (Lipinski definition) is 1. The van der Waals surface area contributed by atoms with Crippen molar-refractivity contribution in [3.05, 3.63) is 0 Å². The molecule has 102 valence electrons. The fourth-order valence-electron chi connectivity index (χ4n) is 3.55. The zero-order chi connectivity index (χ0) is 12.8. The molecule has 0 N–H and O–H groups in total. The van der Waals surface area contributed by atoms with Crippen LogP contribution in [0.3, 0.4) is 0 Å². The topological polar surface area (TPSA) is 0 Å². The highest BCUT2D eigenvalue weighted by atomic mass is 32.1. The molecule has 0 bridgehead atoms. The Bertz CT molecular complexity index is 206. The van der Waals surface area contributed by atoms with Crippen LogP contribution in [0, 0.1) is 5.41 Å². The van der Waals surface area contributed by atoms with Gasteiger partial charge in [-0.3, -0.25) is 0 Å². The Morgan fingerprint density at radius 3 is 2.18 bits per heavy atom. The largest absolute Gasteiger partial charge is 0.172 e. The van der Waals surface area contributed by atoms with E-state index in [4.69, 9.17) is 12.6 Å². The van der Waals surface area contributed by atoms with Crippen LogP contribution in [0.2, 0.25) is 0 Å². The summed E-state index contributed by atoms with van der Waals surface area (Å²) < 4.78 is 0.309. The first-order valence-corrected chi connectivity index (χ1v) is 8.27. The third-order valence-corrected chi connectivity index (χ3v) is 5.72. The van der Waals surface area contributed by atoms with Gasteiger partial charge in [-0.25, -0.2) is 0 Å². The SMILES string of the molecule is CCCCC(S)(CC)CC1(CC)CCCCC1. The van der Waals surface area contributed by atoms with Gasteiger partial charge in [-0.1, -0.05) is 59.3 Å². The molecule has 1 fully saturated rings. The van der Waals surface area contributed by atoms with Crippen LogP contribution in [0.4, 0.5) is 0 Å². The van der Waals surface area contributed by atoms with E-state index in [1.807, 2.05) is 0 Å². The van der Waals surface area contributed by atoms with Gasteiger partial charge in [-0.2, -0.15) is 12.6 Å². The second-order valence-electron chi connectivity index (χ2n) is 6.27. The molecular weight excluding hydrogens is 224 g/mol. The molecule has 1 aliphatic carbocycles. The molecule has 1 unspecified atom stereocenters. The predicted molar refractivity (Wildman–Crippen MR) is 82.0 cm³/mol. The standard InChI is InChI=1S/C16H32S/c1-4-7-13-16(17,6-3)14-15(5-2)11-9-8-10-12-15/h17H,4-14H2,1-3H3. The van der Waals surface area contributed by atoms with E-state index in [0.717, 1.165) is 0 Å². The monoisotopic (exact) mass is 256 g/mol. The number of hydrogen-bond donors (Lipinski definition) is 1. The zero-order valence-electron chi connectivity index (χ0n) is 12.2. The third-order valence-electron chi connectivity index (χ3n) is 5.02. The molecule has 1 heteroatoms. The van der Waals surface area contributed by atoms with Gasteiger partial charge in [0.2, 0.25) is 0 Å². The van der Waals surface area contributed by atoms with Crippen LogP contribution in [-0.4, -0.2) is 4.75 Å². The van der Waals surface area contributed by atoms with Crippen LogP contribution in [0.15, 0.2) is 0 Å². The fraction of sp³-hybridized carbons (Fsp3) is 1.00. The van der Waals surface area contributed by atoms with Gasteiger partial charge in [0.1, 0.15) is 0 Å². The van der Waals surface area contributed by atoms with Crippen molar-refractivity contribution in [2.75, 3.05) is 0 Å². The molecule has 1 atom stereocenters. The molecule has 0 aromatic rings. The van der Waals surface area contributed by atoms with Crippen LogP contribution in [0.25, 0.3) is 0 Å². The van der Waals surface area contributed by atoms with E-state index in [-0.39, 0.29) is 0 Å². The van der Waals surface area contributed by atoms with Gasteiger partial charge >= 0.3 is 0 Å². The lowest BCUT2D eigenvalue weighted by molar-refractivity contribution is 0.140. The lowest BCUT2D eigenvalue weighted by Crippen LogP contribution is -2.34. The summed E-state index contributed by atoms with van der Waals surface area (Å²) in [6.45, 7) is 7.02. The molecule has 0 aromatic carbocycles. The molecule has 0 saturated heterocycles. The number of rotatable bonds is 7. The van der Waals surface area contributed by atoms with Crippen molar-refractivity contribution >= 4 is 12.6 Å². The lowest BCUT2D eigenvalue weighted by Gasteiger charge is -2.43.